The molecule has 0 aromatic heterocycles. The molecule has 0 unspecified atom stereocenters. The minimum absolute atomic E-state index is 0. The number of carbonyl (C=O) groups is 1. The van der Waals surface area contributed by atoms with Crippen LogP contribution in [0.3, 0.4) is 0 Å². The lowest BCUT2D eigenvalue weighted by atomic mass is 10.1. The first-order chi connectivity index (χ1) is 7.27. The number of phenolic OH excluding ortho intramolecular Hbond substituents is 1. The van der Waals surface area contributed by atoms with Crippen LogP contribution in [-0.2, 0) is 4.79 Å². The van der Waals surface area contributed by atoms with Gasteiger partial charge in [-0.3, -0.25) is 4.79 Å². The van der Waals surface area contributed by atoms with Gasteiger partial charge < -0.3 is 15.7 Å². The zero-order valence-corrected chi connectivity index (χ0v) is 9.59. The predicted molar refractivity (Wildman–Crippen MR) is 65.0 cm³/mol. The number of rotatable bonds is 2. The number of aromatic hydroxyl groups is 1. The van der Waals surface area contributed by atoms with Gasteiger partial charge in [0.25, 0.3) is 0 Å². The Morgan fingerprint density at radius 2 is 2.19 bits per heavy atom. The van der Waals surface area contributed by atoms with E-state index in [2.05, 4.69) is 10.6 Å². The summed E-state index contributed by atoms with van der Waals surface area (Å²) in [4.78, 5) is 11.7. The van der Waals surface area contributed by atoms with Crippen LogP contribution in [-0.4, -0.2) is 24.1 Å². The maximum Gasteiger partial charge on any atom is 0.228 e. The Hall–Kier alpha value is -1.26. The fourth-order valence-corrected chi connectivity index (χ4v) is 1.69. The van der Waals surface area contributed by atoms with Gasteiger partial charge in [-0.25, -0.2) is 0 Å². The maximum atomic E-state index is 11.7. The maximum absolute atomic E-state index is 11.7. The first-order valence-electron chi connectivity index (χ1n) is 5.07. The van der Waals surface area contributed by atoms with Crippen molar-refractivity contribution in [2.24, 2.45) is 5.92 Å². The second-order valence-corrected chi connectivity index (χ2v) is 3.70. The summed E-state index contributed by atoms with van der Waals surface area (Å²) in [6, 6.07) is 6.75. The molecule has 1 fully saturated rings. The number of anilines is 1. The topological polar surface area (TPSA) is 61.4 Å². The molecular formula is C11H15ClN2O2. The van der Waals surface area contributed by atoms with Gasteiger partial charge in [-0.15, -0.1) is 12.4 Å². The van der Waals surface area contributed by atoms with Crippen LogP contribution >= 0.6 is 12.4 Å². The van der Waals surface area contributed by atoms with E-state index in [0.717, 1.165) is 19.5 Å². The van der Waals surface area contributed by atoms with E-state index in [0.29, 0.717) is 5.69 Å². The molecule has 0 saturated carbocycles. The lowest BCUT2D eigenvalue weighted by Gasteiger charge is -2.10. The second-order valence-electron chi connectivity index (χ2n) is 3.70. The average molecular weight is 243 g/mol. The number of hydrogen-bond donors (Lipinski definition) is 3. The summed E-state index contributed by atoms with van der Waals surface area (Å²) < 4.78 is 0. The molecule has 0 radical (unpaired) electrons. The highest BCUT2D eigenvalue weighted by Crippen LogP contribution is 2.22. The molecule has 1 heterocycles. The molecule has 3 N–H and O–H groups in total. The highest BCUT2D eigenvalue weighted by Gasteiger charge is 2.22. The van der Waals surface area contributed by atoms with E-state index in [1.807, 2.05) is 0 Å². The Morgan fingerprint density at radius 1 is 1.44 bits per heavy atom. The summed E-state index contributed by atoms with van der Waals surface area (Å²) in [5.74, 6) is 0.0999. The second kappa shape index (κ2) is 5.72. The number of phenols is 1. The summed E-state index contributed by atoms with van der Waals surface area (Å²) in [5, 5.41) is 15.3. The minimum atomic E-state index is -0.0264. The highest BCUT2D eigenvalue weighted by molar-refractivity contribution is 5.94. The number of para-hydroxylation sites is 2. The van der Waals surface area contributed by atoms with Crippen LogP contribution in [0.5, 0.6) is 5.75 Å². The van der Waals surface area contributed by atoms with Crippen LogP contribution in [0.25, 0.3) is 0 Å². The summed E-state index contributed by atoms with van der Waals surface area (Å²) in [5.41, 5.74) is 0.481. The van der Waals surface area contributed by atoms with Crippen molar-refractivity contribution in [3.05, 3.63) is 24.3 Å². The Labute approximate surface area is 100 Å². The molecule has 88 valence electrons. The molecule has 2 rings (SSSR count). The van der Waals surface area contributed by atoms with Crippen LogP contribution in [0.4, 0.5) is 5.69 Å². The van der Waals surface area contributed by atoms with E-state index in [-0.39, 0.29) is 30.0 Å². The van der Waals surface area contributed by atoms with Gasteiger partial charge in [0.1, 0.15) is 5.75 Å². The normalized spacial score (nSPS) is 18.9. The Bertz CT molecular complexity index is 365. The van der Waals surface area contributed by atoms with Gasteiger partial charge >= 0.3 is 0 Å². The zero-order valence-electron chi connectivity index (χ0n) is 8.77. The minimum Gasteiger partial charge on any atom is -0.506 e. The van der Waals surface area contributed by atoms with Crippen molar-refractivity contribution in [3.8, 4) is 5.75 Å². The van der Waals surface area contributed by atoms with Crippen molar-refractivity contribution in [2.75, 3.05) is 18.4 Å². The van der Waals surface area contributed by atoms with E-state index >= 15 is 0 Å². The molecule has 1 amide bonds. The fourth-order valence-electron chi connectivity index (χ4n) is 1.69. The summed E-state index contributed by atoms with van der Waals surface area (Å²) in [6.07, 6.45) is 0.861. The Kier molecular flexibility index (Phi) is 4.58. The van der Waals surface area contributed by atoms with E-state index in [4.69, 9.17) is 0 Å². The molecular weight excluding hydrogens is 228 g/mol. The quantitative estimate of drug-likeness (QED) is 0.687. The van der Waals surface area contributed by atoms with Crippen LogP contribution in [0.15, 0.2) is 24.3 Å². The number of halogens is 1. The van der Waals surface area contributed by atoms with Crippen LogP contribution in [0, 0.1) is 5.92 Å². The molecule has 1 aromatic rings. The average Bonchev–Trinajstić information content (AvgIpc) is 2.74. The smallest absolute Gasteiger partial charge is 0.228 e. The molecule has 16 heavy (non-hydrogen) atoms. The molecule has 4 nitrogen and oxygen atoms in total. The summed E-state index contributed by atoms with van der Waals surface area (Å²) in [7, 11) is 0. The van der Waals surface area contributed by atoms with Crippen LogP contribution in [0.1, 0.15) is 6.42 Å². The van der Waals surface area contributed by atoms with E-state index in [9.17, 15) is 9.90 Å². The summed E-state index contributed by atoms with van der Waals surface area (Å²) in [6.45, 7) is 1.61. The molecule has 5 heteroatoms. The number of benzene rings is 1. The standard InChI is InChI=1S/C11H14N2O2.ClH/c14-10-4-2-1-3-9(10)13-11(15)8-5-6-12-7-8;/h1-4,8,12,14H,5-7H2,(H,13,15);1H/t8-;/m1./s1. The lowest BCUT2D eigenvalue weighted by Crippen LogP contribution is -2.24. The van der Waals surface area contributed by atoms with Crippen molar-refractivity contribution in [1.29, 1.82) is 0 Å². The van der Waals surface area contributed by atoms with Gasteiger partial charge in [0.2, 0.25) is 5.91 Å². The van der Waals surface area contributed by atoms with E-state index in [1.165, 1.54) is 0 Å². The first-order valence-corrected chi connectivity index (χ1v) is 5.07. The van der Waals surface area contributed by atoms with Crippen molar-refractivity contribution < 1.29 is 9.90 Å². The van der Waals surface area contributed by atoms with Gasteiger partial charge in [0.15, 0.2) is 0 Å². The third-order valence-electron chi connectivity index (χ3n) is 2.59. The Balaban J connectivity index is 0.00000128. The number of carbonyl (C=O) groups excluding carboxylic acids is 1. The predicted octanol–water partition coefficient (Wildman–Crippen LogP) is 1.36. The molecule has 1 aliphatic rings. The monoisotopic (exact) mass is 242 g/mol. The molecule has 1 atom stereocenters. The van der Waals surface area contributed by atoms with E-state index in [1.54, 1.807) is 24.3 Å². The summed E-state index contributed by atoms with van der Waals surface area (Å²) >= 11 is 0. The first kappa shape index (κ1) is 12.8. The molecule has 1 saturated heterocycles. The number of hydrogen-bond acceptors (Lipinski definition) is 3. The van der Waals surface area contributed by atoms with Crippen LogP contribution in [0.2, 0.25) is 0 Å². The highest BCUT2D eigenvalue weighted by atomic mass is 35.5. The molecule has 0 bridgehead atoms. The Morgan fingerprint density at radius 3 is 2.81 bits per heavy atom. The fraction of sp³-hybridized carbons (Fsp3) is 0.364. The molecule has 0 aliphatic carbocycles. The van der Waals surface area contributed by atoms with Crippen LogP contribution < -0.4 is 10.6 Å². The molecule has 1 aromatic carbocycles. The van der Waals surface area contributed by atoms with Gasteiger partial charge in [-0.05, 0) is 25.1 Å². The number of amides is 1. The van der Waals surface area contributed by atoms with Gasteiger partial charge in [-0.1, -0.05) is 12.1 Å². The lowest BCUT2D eigenvalue weighted by molar-refractivity contribution is -0.119. The number of nitrogens with one attached hydrogen (secondary N) is 2. The van der Waals surface area contributed by atoms with Crippen molar-refractivity contribution >= 4 is 24.0 Å². The molecule has 1 aliphatic heterocycles. The van der Waals surface area contributed by atoms with Crippen molar-refractivity contribution in [3.63, 3.8) is 0 Å². The van der Waals surface area contributed by atoms with E-state index < -0.39 is 0 Å². The van der Waals surface area contributed by atoms with Gasteiger partial charge in [-0.2, -0.15) is 0 Å². The van der Waals surface area contributed by atoms with Gasteiger partial charge in [0, 0.05) is 6.54 Å². The SMILES string of the molecule is Cl.O=C(Nc1ccccc1O)[C@@H]1CCNC1. The molecule has 0 spiro atoms. The zero-order chi connectivity index (χ0) is 10.7. The third kappa shape index (κ3) is 2.87. The third-order valence-corrected chi connectivity index (χ3v) is 2.59. The largest absolute Gasteiger partial charge is 0.506 e. The van der Waals surface area contributed by atoms with Crippen molar-refractivity contribution in [2.45, 2.75) is 6.42 Å². The van der Waals surface area contributed by atoms with Crippen molar-refractivity contribution in [1.82, 2.24) is 5.32 Å². The van der Waals surface area contributed by atoms with Gasteiger partial charge in [0.05, 0.1) is 11.6 Å².